The molecule has 2 aromatic rings. The van der Waals surface area contributed by atoms with E-state index in [9.17, 15) is 9.59 Å². The molecule has 1 aliphatic carbocycles. The molecule has 0 saturated heterocycles. The molecule has 1 aromatic heterocycles. The van der Waals surface area contributed by atoms with Gasteiger partial charge in [0.25, 0.3) is 5.56 Å². The summed E-state index contributed by atoms with van der Waals surface area (Å²) in [5.74, 6) is 1.19. The zero-order valence-corrected chi connectivity index (χ0v) is 15.0. The highest BCUT2D eigenvalue weighted by Crippen LogP contribution is 2.27. The number of hydrogen-bond acceptors (Lipinski definition) is 5. The standard InChI is InChI=1S/C19H23N3O4/c1-25-15-9-5-13(6-10-15)19-16(26-2)12-18(24)22(21-19)11-3-4-17(23)20-14-7-8-14/h5-6,9-10,12,14H,3-4,7-8,11H2,1-2H3,(H,20,23). The summed E-state index contributed by atoms with van der Waals surface area (Å²) >= 11 is 0. The summed E-state index contributed by atoms with van der Waals surface area (Å²) in [7, 11) is 3.11. The zero-order chi connectivity index (χ0) is 18.5. The highest BCUT2D eigenvalue weighted by atomic mass is 16.5. The van der Waals surface area contributed by atoms with Gasteiger partial charge in [0.05, 0.1) is 14.2 Å². The first-order chi connectivity index (χ1) is 12.6. The van der Waals surface area contributed by atoms with Crippen molar-refractivity contribution >= 4 is 5.91 Å². The van der Waals surface area contributed by atoms with Gasteiger partial charge >= 0.3 is 0 Å². The van der Waals surface area contributed by atoms with Crippen LogP contribution in [-0.4, -0.2) is 35.9 Å². The molecule has 0 spiro atoms. The predicted octanol–water partition coefficient (Wildman–Crippen LogP) is 1.99. The second-order valence-corrected chi connectivity index (χ2v) is 6.30. The van der Waals surface area contributed by atoms with E-state index >= 15 is 0 Å². The molecule has 1 amide bonds. The lowest BCUT2D eigenvalue weighted by atomic mass is 10.1. The topological polar surface area (TPSA) is 82.5 Å². The molecule has 0 unspecified atom stereocenters. The van der Waals surface area contributed by atoms with E-state index in [1.165, 1.54) is 17.9 Å². The van der Waals surface area contributed by atoms with Gasteiger partial charge in [0.15, 0.2) is 5.75 Å². The molecule has 1 aliphatic rings. The number of ether oxygens (including phenoxy) is 2. The molecular formula is C19H23N3O4. The first kappa shape index (κ1) is 18.0. The van der Waals surface area contributed by atoms with Crippen molar-refractivity contribution in [1.29, 1.82) is 0 Å². The van der Waals surface area contributed by atoms with Gasteiger partial charge < -0.3 is 14.8 Å². The van der Waals surface area contributed by atoms with Gasteiger partial charge in [0.2, 0.25) is 5.91 Å². The molecule has 0 radical (unpaired) electrons. The van der Waals surface area contributed by atoms with Gasteiger partial charge in [-0.15, -0.1) is 0 Å². The third-order valence-electron chi connectivity index (χ3n) is 4.26. The molecule has 7 heteroatoms. The number of aryl methyl sites for hydroxylation is 1. The second-order valence-electron chi connectivity index (χ2n) is 6.30. The van der Waals surface area contributed by atoms with Crippen LogP contribution >= 0.6 is 0 Å². The molecule has 1 saturated carbocycles. The lowest BCUT2D eigenvalue weighted by molar-refractivity contribution is -0.121. The molecule has 7 nitrogen and oxygen atoms in total. The summed E-state index contributed by atoms with van der Waals surface area (Å²) in [6, 6.07) is 9.16. The van der Waals surface area contributed by atoms with Crippen LogP contribution in [0.5, 0.6) is 11.5 Å². The van der Waals surface area contributed by atoms with E-state index in [0.717, 1.165) is 24.2 Å². The number of benzene rings is 1. The minimum atomic E-state index is -0.248. The Morgan fingerprint density at radius 2 is 1.96 bits per heavy atom. The summed E-state index contributed by atoms with van der Waals surface area (Å²) in [6.07, 6.45) is 3.07. The van der Waals surface area contributed by atoms with E-state index in [2.05, 4.69) is 10.4 Å². The quantitative estimate of drug-likeness (QED) is 0.781. The van der Waals surface area contributed by atoms with Crippen molar-refractivity contribution in [2.75, 3.05) is 14.2 Å². The molecule has 0 aliphatic heterocycles. The Morgan fingerprint density at radius 3 is 2.58 bits per heavy atom. The average Bonchev–Trinajstić information content (AvgIpc) is 3.46. The Labute approximate surface area is 151 Å². The lowest BCUT2D eigenvalue weighted by Gasteiger charge is -2.12. The van der Waals surface area contributed by atoms with E-state index in [4.69, 9.17) is 9.47 Å². The Bertz CT molecular complexity index is 826. The third kappa shape index (κ3) is 4.41. The molecule has 1 N–H and O–H groups in total. The van der Waals surface area contributed by atoms with Crippen LogP contribution < -0.4 is 20.3 Å². The Hall–Kier alpha value is -2.83. The molecule has 0 bridgehead atoms. The fourth-order valence-corrected chi connectivity index (χ4v) is 2.66. The molecule has 1 aromatic carbocycles. The number of aromatic nitrogens is 2. The summed E-state index contributed by atoms with van der Waals surface area (Å²) in [5, 5.41) is 7.39. The maximum absolute atomic E-state index is 12.2. The molecular weight excluding hydrogens is 334 g/mol. The fraction of sp³-hybridized carbons (Fsp3) is 0.421. The van der Waals surface area contributed by atoms with Gasteiger partial charge in [-0.05, 0) is 43.5 Å². The molecule has 1 heterocycles. The minimum Gasteiger partial charge on any atom is -0.497 e. The SMILES string of the molecule is COc1ccc(-c2nn(CCCC(=O)NC3CC3)c(=O)cc2OC)cc1. The summed E-state index contributed by atoms with van der Waals surface area (Å²) in [5.41, 5.74) is 1.15. The smallest absolute Gasteiger partial charge is 0.270 e. The van der Waals surface area contributed by atoms with Crippen LogP contribution in [0.3, 0.4) is 0 Å². The van der Waals surface area contributed by atoms with Gasteiger partial charge in [0, 0.05) is 30.6 Å². The van der Waals surface area contributed by atoms with Gasteiger partial charge in [-0.1, -0.05) is 0 Å². The number of amides is 1. The number of nitrogens with zero attached hydrogens (tertiary/aromatic N) is 2. The number of nitrogens with one attached hydrogen (secondary N) is 1. The van der Waals surface area contributed by atoms with E-state index in [0.29, 0.717) is 36.9 Å². The number of hydrogen-bond donors (Lipinski definition) is 1. The molecule has 26 heavy (non-hydrogen) atoms. The fourth-order valence-electron chi connectivity index (χ4n) is 2.66. The lowest BCUT2D eigenvalue weighted by Crippen LogP contribution is -2.27. The van der Waals surface area contributed by atoms with Crippen LogP contribution in [0.25, 0.3) is 11.3 Å². The number of methoxy groups -OCH3 is 2. The van der Waals surface area contributed by atoms with E-state index in [-0.39, 0.29) is 11.5 Å². The van der Waals surface area contributed by atoms with Crippen LogP contribution in [0, 0.1) is 0 Å². The van der Waals surface area contributed by atoms with Crippen molar-refractivity contribution in [3.63, 3.8) is 0 Å². The number of carbonyl (C=O) groups is 1. The zero-order valence-electron chi connectivity index (χ0n) is 15.0. The van der Waals surface area contributed by atoms with Gasteiger partial charge in [0.1, 0.15) is 11.4 Å². The minimum absolute atomic E-state index is 0.0319. The maximum Gasteiger partial charge on any atom is 0.270 e. The first-order valence-electron chi connectivity index (χ1n) is 8.70. The van der Waals surface area contributed by atoms with Crippen LogP contribution in [0.15, 0.2) is 35.1 Å². The van der Waals surface area contributed by atoms with E-state index in [1.807, 2.05) is 24.3 Å². The number of rotatable bonds is 8. The van der Waals surface area contributed by atoms with Crippen LogP contribution in [0.1, 0.15) is 25.7 Å². The third-order valence-corrected chi connectivity index (χ3v) is 4.26. The Morgan fingerprint density at radius 1 is 1.23 bits per heavy atom. The monoisotopic (exact) mass is 357 g/mol. The van der Waals surface area contributed by atoms with Crippen molar-refractivity contribution in [2.45, 2.75) is 38.3 Å². The van der Waals surface area contributed by atoms with Crippen molar-refractivity contribution < 1.29 is 14.3 Å². The molecule has 0 atom stereocenters. The normalized spacial score (nSPS) is 13.3. The highest BCUT2D eigenvalue weighted by molar-refractivity contribution is 5.76. The predicted molar refractivity (Wildman–Crippen MR) is 97.4 cm³/mol. The molecule has 138 valence electrons. The van der Waals surface area contributed by atoms with Crippen LogP contribution in [0.4, 0.5) is 0 Å². The Balaban J connectivity index is 1.74. The first-order valence-corrected chi connectivity index (χ1v) is 8.70. The van der Waals surface area contributed by atoms with Crippen molar-refractivity contribution in [3.05, 3.63) is 40.7 Å². The van der Waals surface area contributed by atoms with Crippen molar-refractivity contribution in [1.82, 2.24) is 15.1 Å². The molecule has 1 fully saturated rings. The maximum atomic E-state index is 12.2. The average molecular weight is 357 g/mol. The number of carbonyl (C=O) groups excluding carboxylic acids is 1. The summed E-state index contributed by atoms with van der Waals surface area (Å²) < 4.78 is 11.9. The molecule has 3 rings (SSSR count). The van der Waals surface area contributed by atoms with Crippen molar-refractivity contribution in [3.8, 4) is 22.8 Å². The largest absolute Gasteiger partial charge is 0.497 e. The second kappa shape index (κ2) is 8.03. The van der Waals surface area contributed by atoms with Gasteiger partial charge in [-0.25, -0.2) is 4.68 Å². The van der Waals surface area contributed by atoms with Gasteiger partial charge in [-0.3, -0.25) is 9.59 Å². The summed E-state index contributed by atoms with van der Waals surface area (Å²) in [6.45, 7) is 0.379. The van der Waals surface area contributed by atoms with Crippen molar-refractivity contribution in [2.24, 2.45) is 0 Å². The highest BCUT2D eigenvalue weighted by Gasteiger charge is 2.22. The Kier molecular flexibility index (Phi) is 5.55. The van der Waals surface area contributed by atoms with Crippen LogP contribution in [-0.2, 0) is 11.3 Å². The summed E-state index contributed by atoms with van der Waals surface area (Å²) in [4.78, 5) is 24.0. The van der Waals surface area contributed by atoms with Crippen LogP contribution in [0.2, 0.25) is 0 Å². The van der Waals surface area contributed by atoms with Gasteiger partial charge in [-0.2, -0.15) is 5.10 Å². The van der Waals surface area contributed by atoms with E-state index < -0.39 is 0 Å². The van der Waals surface area contributed by atoms with E-state index in [1.54, 1.807) is 7.11 Å².